The molecule has 0 fully saturated rings. The minimum atomic E-state index is -0.211. The van der Waals surface area contributed by atoms with Crippen molar-refractivity contribution in [1.29, 1.82) is 0 Å². The SMILES string of the molecule is Cc1cscc1C(N)c1cccc(Cl)c1Cl. The highest BCUT2D eigenvalue weighted by atomic mass is 35.5. The van der Waals surface area contributed by atoms with E-state index < -0.39 is 0 Å². The molecule has 0 aliphatic rings. The molecule has 0 aliphatic carbocycles. The molecular formula is C12H11Cl2NS. The Kier molecular flexibility index (Phi) is 3.55. The quantitative estimate of drug-likeness (QED) is 0.860. The third-order valence-corrected chi connectivity index (χ3v) is 4.26. The molecule has 1 aromatic heterocycles. The number of nitrogens with two attached hydrogens (primary N) is 1. The monoisotopic (exact) mass is 271 g/mol. The second-order valence-electron chi connectivity index (χ2n) is 3.63. The molecule has 0 saturated carbocycles. The van der Waals surface area contributed by atoms with Crippen molar-refractivity contribution in [2.45, 2.75) is 13.0 Å². The number of hydrogen-bond donors (Lipinski definition) is 1. The summed E-state index contributed by atoms with van der Waals surface area (Å²) >= 11 is 13.8. The van der Waals surface area contributed by atoms with E-state index in [0.717, 1.165) is 11.1 Å². The molecule has 1 atom stereocenters. The van der Waals surface area contributed by atoms with Crippen LogP contribution in [0.2, 0.25) is 10.0 Å². The molecule has 1 unspecified atom stereocenters. The van der Waals surface area contributed by atoms with Crippen LogP contribution in [0.5, 0.6) is 0 Å². The van der Waals surface area contributed by atoms with E-state index in [-0.39, 0.29) is 6.04 Å². The van der Waals surface area contributed by atoms with Crippen LogP contribution in [0.25, 0.3) is 0 Å². The first-order chi connectivity index (χ1) is 7.61. The largest absolute Gasteiger partial charge is 0.320 e. The van der Waals surface area contributed by atoms with Crippen LogP contribution in [0.1, 0.15) is 22.7 Å². The van der Waals surface area contributed by atoms with Crippen molar-refractivity contribution < 1.29 is 0 Å². The molecule has 1 nitrogen and oxygen atoms in total. The molecule has 0 spiro atoms. The molecule has 2 N–H and O–H groups in total. The number of aryl methyl sites for hydroxylation is 1. The first-order valence-corrected chi connectivity index (χ1v) is 6.53. The molecule has 0 amide bonds. The van der Waals surface area contributed by atoms with Crippen LogP contribution >= 0.6 is 34.5 Å². The highest BCUT2D eigenvalue weighted by molar-refractivity contribution is 7.08. The highest BCUT2D eigenvalue weighted by Crippen LogP contribution is 2.33. The Morgan fingerprint density at radius 1 is 1.19 bits per heavy atom. The number of hydrogen-bond acceptors (Lipinski definition) is 2. The Morgan fingerprint density at radius 3 is 2.56 bits per heavy atom. The molecule has 0 bridgehead atoms. The lowest BCUT2D eigenvalue weighted by molar-refractivity contribution is 0.868. The fraction of sp³-hybridized carbons (Fsp3) is 0.167. The lowest BCUT2D eigenvalue weighted by atomic mass is 9.99. The predicted octanol–water partition coefficient (Wildman–Crippen LogP) is 4.41. The van der Waals surface area contributed by atoms with Crippen molar-refractivity contribution >= 4 is 34.5 Å². The van der Waals surface area contributed by atoms with Gasteiger partial charge in [-0.25, -0.2) is 0 Å². The van der Waals surface area contributed by atoms with Gasteiger partial charge in [0.25, 0.3) is 0 Å². The molecule has 1 heterocycles. The lowest BCUT2D eigenvalue weighted by Gasteiger charge is -2.14. The lowest BCUT2D eigenvalue weighted by Crippen LogP contribution is -2.12. The molecular weight excluding hydrogens is 261 g/mol. The highest BCUT2D eigenvalue weighted by Gasteiger charge is 2.16. The third kappa shape index (κ3) is 2.11. The minimum absolute atomic E-state index is 0.211. The van der Waals surface area contributed by atoms with Crippen LogP contribution in [-0.4, -0.2) is 0 Å². The summed E-state index contributed by atoms with van der Waals surface area (Å²) in [6.07, 6.45) is 0. The average molecular weight is 272 g/mol. The summed E-state index contributed by atoms with van der Waals surface area (Å²) in [4.78, 5) is 0. The molecule has 16 heavy (non-hydrogen) atoms. The van der Waals surface area contributed by atoms with Gasteiger partial charge < -0.3 is 5.73 Å². The second-order valence-corrected chi connectivity index (χ2v) is 5.16. The molecule has 0 radical (unpaired) electrons. The maximum Gasteiger partial charge on any atom is 0.0643 e. The van der Waals surface area contributed by atoms with E-state index in [0.29, 0.717) is 10.0 Å². The van der Waals surface area contributed by atoms with E-state index in [4.69, 9.17) is 28.9 Å². The number of thiophene rings is 1. The number of benzene rings is 1. The Balaban J connectivity index is 2.46. The molecule has 1 aromatic carbocycles. The van der Waals surface area contributed by atoms with Gasteiger partial charge in [0.15, 0.2) is 0 Å². The Bertz CT molecular complexity index is 507. The van der Waals surface area contributed by atoms with Crippen molar-refractivity contribution in [3.63, 3.8) is 0 Å². The van der Waals surface area contributed by atoms with Crippen molar-refractivity contribution in [3.8, 4) is 0 Å². The fourth-order valence-electron chi connectivity index (χ4n) is 1.62. The van der Waals surface area contributed by atoms with Gasteiger partial charge in [0.1, 0.15) is 0 Å². The van der Waals surface area contributed by atoms with Crippen LogP contribution in [0.15, 0.2) is 29.0 Å². The Labute approximate surface area is 109 Å². The fourth-order valence-corrected chi connectivity index (χ4v) is 2.93. The standard InChI is InChI=1S/C12H11Cl2NS/c1-7-5-16-6-9(7)12(15)8-3-2-4-10(13)11(8)14/h2-6,12H,15H2,1H3. The van der Waals surface area contributed by atoms with E-state index in [1.807, 2.05) is 19.1 Å². The van der Waals surface area contributed by atoms with Crippen molar-refractivity contribution in [2.75, 3.05) is 0 Å². The smallest absolute Gasteiger partial charge is 0.0643 e. The first-order valence-electron chi connectivity index (χ1n) is 4.83. The summed E-state index contributed by atoms with van der Waals surface area (Å²) in [5.74, 6) is 0. The molecule has 4 heteroatoms. The van der Waals surface area contributed by atoms with Crippen molar-refractivity contribution in [1.82, 2.24) is 0 Å². The summed E-state index contributed by atoms with van der Waals surface area (Å²) in [5, 5.41) is 5.22. The molecule has 0 saturated heterocycles. The van der Waals surface area contributed by atoms with Crippen LogP contribution in [0.3, 0.4) is 0 Å². The third-order valence-electron chi connectivity index (χ3n) is 2.55. The molecule has 84 valence electrons. The average Bonchev–Trinajstić information content (AvgIpc) is 2.68. The van der Waals surface area contributed by atoms with Gasteiger partial charge in [0.2, 0.25) is 0 Å². The van der Waals surface area contributed by atoms with E-state index in [9.17, 15) is 0 Å². The summed E-state index contributed by atoms with van der Waals surface area (Å²) < 4.78 is 0. The van der Waals surface area contributed by atoms with E-state index >= 15 is 0 Å². The predicted molar refractivity (Wildman–Crippen MR) is 71.5 cm³/mol. The van der Waals surface area contributed by atoms with Crippen molar-refractivity contribution in [2.24, 2.45) is 5.73 Å². The van der Waals surface area contributed by atoms with Crippen LogP contribution < -0.4 is 5.73 Å². The zero-order chi connectivity index (χ0) is 11.7. The van der Waals surface area contributed by atoms with Crippen LogP contribution in [-0.2, 0) is 0 Å². The summed E-state index contributed by atoms with van der Waals surface area (Å²) in [5.41, 5.74) is 9.36. The summed E-state index contributed by atoms with van der Waals surface area (Å²) in [6, 6.07) is 5.33. The van der Waals surface area contributed by atoms with Gasteiger partial charge in [-0.15, -0.1) is 0 Å². The molecule has 0 aliphatic heterocycles. The molecule has 2 aromatic rings. The molecule has 2 rings (SSSR count). The Hall–Kier alpha value is -0.540. The maximum absolute atomic E-state index is 6.19. The van der Waals surface area contributed by atoms with E-state index in [1.54, 1.807) is 17.4 Å². The van der Waals surface area contributed by atoms with Gasteiger partial charge in [-0.3, -0.25) is 0 Å². The van der Waals surface area contributed by atoms with Crippen molar-refractivity contribution in [3.05, 3.63) is 55.7 Å². The van der Waals surface area contributed by atoms with Gasteiger partial charge in [0.05, 0.1) is 16.1 Å². The normalized spacial score (nSPS) is 12.8. The van der Waals surface area contributed by atoms with Gasteiger partial charge in [-0.1, -0.05) is 35.3 Å². The summed E-state index contributed by atoms with van der Waals surface area (Å²) in [7, 11) is 0. The number of rotatable bonds is 2. The van der Waals surface area contributed by atoms with E-state index in [2.05, 4.69) is 10.8 Å². The second kappa shape index (κ2) is 4.76. The van der Waals surface area contributed by atoms with Crippen LogP contribution in [0.4, 0.5) is 0 Å². The maximum atomic E-state index is 6.19. The number of halogens is 2. The van der Waals surface area contributed by atoms with Gasteiger partial charge in [-0.2, -0.15) is 11.3 Å². The minimum Gasteiger partial charge on any atom is -0.320 e. The van der Waals surface area contributed by atoms with Crippen LogP contribution in [0, 0.1) is 6.92 Å². The summed E-state index contributed by atoms with van der Waals surface area (Å²) in [6.45, 7) is 2.05. The van der Waals surface area contributed by atoms with Gasteiger partial charge >= 0.3 is 0 Å². The van der Waals surface area contributed by atoms with E-state index in [1.165, 1.54) is 5.56 Å². The topological polar surface area (TPSA) is 26.0 Å². The zero-order valence-electron chi connectivity index (χ0n) is 8.71. The van der Waals surface area contributed by atoms with Gasteiger partial charge in [0, 0.05) is 0 Å². The Morgan fingerprint density at radius 2 is 1.94 bits per heavy atom. The zero-order valence-corrected chi connectivity index (χ0v) is 11.0. The van der Waals surface area contributed by atoms with Gasteiger partial charge in [-0.05, 0) is 40.4 Å². The first kappa shape index (κ1) is 11.9.